The van der Waals surface area contributed by atoms with Gasteiger partial charge in [-0.1, -0.05) is 22.0 Å². The van der Waals surface area contributed by atoms with Crippen LogP contribution in [0.4, 0.5) is 0 Å². The Morgan fingerprint density at radius 1 is 1.43 bits per heavy atom. The molecule has 0 aromatic heterocycles. The summed E-state index contributed by atoms with van der Waals surface area (Å²) in [6.07, 6.45) is 0. The number of rotatable bonds is 2. The predicted molar refractivity (Wildman–Crippen MR) is 98.5 cm³/mol. The highest BCUT2D eigenvalue weighted by atomic mass is 79.9. The van der Waals surface area contributed by atoms with Crippen LogP contribution >= 0.6 is 15.9 Å². The number of hydrogen-bond donors (Lipinski definition) is 1. The lowest BCUT2D eigenvalue weighted by atomic mass is 10.1. The van der Waals surface area contributed by atoms with Crippen molar-refractivity contribution in [2.45, 2.75) is 32.1 Å². The molecule has 0 unspecified atom stereocenters. The first-order valence-corrected chi connectivity index (χ1v) is 10.0. The van der Waals surface area contributed by atoms with Crippen molar-refractivity contribution in [3.63, 3.8) is 0 Å². The Balaban J connectivity index is 2.07. The molecule has 128 valence electrons. The number of guanidine groups is 1. The normalized spacial score (nSPS) is 20.4. The van der Waals surface area contributed by atoms with Gasteiger partial charge in [-0.2, -0.15) is 0 Å². The minimum absolute atomic E-state index is 0.165. The molecule has 1 aliphatic rings. The fourth-order valence-corrected chi connectivity index (χ4v) is 4.53. The maximum Gasteiger partial charge on any atom is 0.193 e. The Kier molecular flexibility index (Phi) is 5.41. The third-order valence-corrected chi connectivity index (χ3v) is 7.32. The summed E-state index contributed by atoms with van der Waals surface area (Å²) >= 11 is 3.47. The van der Waals surface area contributed by atoms with Crippen molar-refractivity contribution in [2.24, 2.45) is 4.99 Å². The van der Waals surface area contributed by atoms with Crippen LogP contribution in [0.3, 0.4) is 0 Å². The SMILES string of the molecule is CN=C(NCc1ccc(Br)cc1C)N1CCS(=O)(=O)C(C)(C)C1. The lowest BCUT2D eigenvalue weighted by Crippen LogP contribution is -2.57. The fraction of sp³-hybridized carbons (Fsp3) is 0.562. The van der Waals surface area contributed by atoms with Crippen molar-refractivity contribution in [1.29, 1.82) is 0 Å². The average Bonchev–Trinajstić information content (AvgIpc) is 2.45. The first-order valence-electron chi connectivity index (χ1n) is 7.59. The molecule has 0 spiro atoms. The number of aryl methyl sites for hydroxylation is 1. The van der Waals surface area contributed by atoms with Crippen LogP contribution in [-0.4, -0.2) is 49.9 Å². The van der Waals surface area contributed by atoms with Gasteiger partial charge in [0.25, 0.3) is 0 Å². The summed E-state index contributed by atoms with van der Waals surface area (Å²) in [5.74, 6) is 0.910. The average molecular weight is 402 g/mol. The van der Waals surface area contributed by atoms with Gasteiger partial charge in [-0.25, -0.2) is 8.42 Å². The third kappa shape index (κ3) is 4.07. The van der Waals surface area contributed by atoms with E-state index in [4.69, 9.17) is 0 Å². The Bertz CT molecular complexity index is 714. The van der Waals surface area contributed by atoms with Gasteiger partial charge in [-0.15, -0.1) is 0 Å². The van der Waals surface area contributed by atoms with Crippen molar-refractivity contribution in [1.82, 2.24) is 10.2 Å². The number of nitrogens with one attached hydrogen (secondary N) is 1. The van der Waals surface area contributed by atoms with Crippen LogP contribution < -0.4 is 5.32 Å². The fourth-order valence-electron chi connectivity index (χ4n) is 2.69. The number of nitrogens with zero attached hydrogens (tertiary/aromatic N) is 2. The zero-order chi connectivity index (χ0) is 17.3. The standard InChI is InChI=1S/C16H24BrN3O2S/c1-12-9-14(17)6-5-13(12)10-19-15(18-4)20-7-8-23(21,22)16(2,3)11-20/h5-6,9H,7-8,10-11H2,1-4H3,(H,18,19). The molecule has 1 aromatic rings. The van der Waals surface area contributed by atoms with Gasteiger partial charge >= 0.3 is 0 Å². The molecule has 1 fully saturated rings. The van der Waals surface area contributed by atoms with Gasteiger partial charge in [-0.3, -0.25) is 4.99 Å². The van der Waals surface area contributed by atoms with Gasteiger partial charge in [0.15, 0.2) is 15.8 Å². The van der Waals surface area contributed by atoms with E-state index in [-0.39, 0.29) is 5.75 Å². The maximum absolute atomic E-state index is 12.1. The highest BCUT2D eigenvalue weighted by Gasteiger charge is 2.40. The Hall–Kier alpha value is -1.08. The van der Waals surface area contributed by atoms with Gasteiger partial charge in [0.1, 0.15) is 0 Å². The molecule has 7 heteroatoms. The van der Waals surface area contributed by atoms with Crippen LogP contribution in [-0.2, 0) is 16.4 Å². The molecule has 1 aliphatic heterocycles. The summed E-state index contributed by atoms with van der Waals surface area (Å²) in [6.45, 7) is 7.22. The van der Waals surface area contributed by atoms with Crippen LogP contribution in [0.25, 0.3) is 0 Å². The predicted octanol–water partition coefficient (Wildman–Crippen LogP) is 2.34. The Morgan fingerprint density at radius 2 is 2.13 bits per heavy atom. The van der Waals surface area contributed by atoms with E-state index in [1.54, 1.807) is 20.9 Å². The van der Waals surface area contributed by atoms with Crippen LogP contribution in [0.15, 0.2) is 27.7 Å². The van der Waals surface area contributed by atoms with Crippen molar-refractivity contribution in [3.8, 4) is 0 Å². The van der Waals surface area contributed by atoms with E-state index in [1.165, 1.54) is 11.1 Å². The number of halogens is 1. The second kappa shape index (κ2) is 6.81. The number of aliphatic imine (C=N–C) groups is 1. The van der Waals surface area contributed by atoms with Gasteiger partial charge < -0.3 is 10.2 Å². The van der Waals surface area contributed by atoms with E-state index in [0.29, 0.717) is 19.6 Å². The van der Waals surface area contributed by atoms with Crippen molar-refractivity contribution >= 4 is 31.7 Å². The van der Waals surface area contributed by atoms with E-state index in [2.05, 4.69) is 45.3 Å². The number of hydrogen-bond acceptors (Lipinski definition) is 3. The second-order valence-electron chi connectivity index (χ2n) is 6.47. The molecule has 1 aromatic carbocycles. The molecule has 1 N–H and O–H groups in total. The Labute approximate surface area is 147 Å². The molecule has 5 nitrogen and oxygen atoms in total. The van der Waals surface area contributed by atoms with E-state index < -0.39 is 14.6 Å². The highest BCUT2D eigenvalue weighted by molar-refractivity contribution is 9.10. The highest BCUT2D eigenvalue weighted by Crippen LogP contribution is 2.24. The minimum Gasteiger partial charge on any atom is -0.352 e. The van der Waals surface area contributed by atoms with E-state index in [1.807, 2.05) is 11.0 Å². The second-order valence-corrected chi connectivity index (χ2v) is 10.1. The first-order chi connectivity index (χ1) is 10.7. The van der Waals surface area contributed by atoms with Gasteiger partial charge in [-0.05, 0) is 44.0 Å². The molecule has 0 radical (unpaired) electrons. The molecule has 0 aliphatic carbocycles. The molecule has 1 heterocycles. The van der Waals surface area contributed by atoms with E-state index in [0.717, 1.165) is 10.4 Å². The zero-order valence-corrected chi connectivity index (χ0v) is 16.5. The van der Waals surface area contributed by atoms with Crippen molar-refractivity contribution < 1.29 is 8.42 Å². The first kappa shape index (κ1) is 18.3. The van der Waals surface area contributed by atoms with Crippen molar-refractivity contribution in [2.75, 3.05) is 25.9 Å². The molecular formula is C16H24BrN3O2S. The van der Waals surface area contributed by atoms with Crippen LogP contribution in [0, 0.1) is 6.92 Å². The molecule has 0 atom stereocenters. The molecule has 23 heavy (non-hydrogen) atoms. The largest absolute Gasteiger partial charge is 0.352 e. The topological polar surface area (TPSA) is 61.8 Å². The quantitative estimate of drug-likeness (QED) is 0.610. The lowest BCUT2D eigenvalue weighted by Gasteiger charge is -2.39. The van der Waals surface area contributed by atoms with Gasteiger partial charge in [0.2, 0.25) is 0 Å². The zero-order valence-electron chi connectivity index (χ0n) is 14.1. The van der Waals surface area contributed by atoms with Gasteiger partial charge in [0.05, 0.1) is 10.5 Å². The molecular weight excluding hydrogens is 378 g/mol. The molecule has 1 saturated heterocycles. The molecule has 2 rings (SSSR count). The minimum atomic E-state index is -3.04. The molecule has 0 saturated carbocycles. The summed E-state index contributed by atoms with van der Waals surface area (Å²) in [5.41, 5.74) is 2.39. The summed E-state index contributed by atoms with van der Waals surface area (Å²) in [7, 11) is -1.31. The summed E-state index contributed by atoms with van der Waals surface area (Å²) in [6, 6.07) is 6.17. The molecule has 0 amide bonds. The summed E-state index contributed by atoms with van der Waals surface area (Å²) in [4.78, 5) is 6.34. The number of sulfone groups is 1. The summed E-state index contributed by atoms with van der Waals surface area (Å²) in [5, 5.41) is 3.35. The third-order valence-electron chi connectivity index (χ3n) is 4.30. The monoisotopic (exact) mass is 401 g/mol. The van der Waals surface area contributed by atoms with Gasteiger partial charge in [0, 0.05) is 31.2 Å². The number of benzene rings is 1. The van der Waals surface area contributed by atoms with E-state index >= 15 is 0 Å². The smallest absolute Gasteiger partial charge is 0.193 e. The van der Waals surface area contributed by atoms with Crippen LogP contribution in [0.2, 0.25) is 0 Å². The Morgan fingerprint density at radius 3 is 2.70 bits per heavy atom. The van der Waals surface area contributed by atoms with Crippen LogP contribution in [0.5, 0.6) is 0 Å². The maximum atomic E-state index is 12.1. The molecule has 0 bridgehead atoms. The van der Waals surface area contributed by atoms with E-state index in [9.17, 15) is 8.42 Å². The van der Waals surface area contributed by atoms with Crippen LogP contribution in [0.1, 0.15) is 25.0 Å². The van der Waals surface area contributed by atoms with Crippen molar-refractivity contribution in [3.05, 3.63) is 33.8 Å². The summed E-state index contributed by atoms with van der Waals surface area (Å²) < 4.78 is 24.6. The lowest BCUT2D eigenvalue weighted by molar-refractivity contribution is 0.353.